The van der Waals surface area contributed by atoms with Gasteiger partial charge in [0.25, 0.3) is 0 Å². The third kappa shape index (κ3) is 3.03. The Morgan fingerprint density at radius 3 is 3.05 bits per heavy atom. The number of nitrogens with one attached hydrogen (secondary N) is 1. The van der Waals surface area contributed by atoms with Crippen molar-refractivity contribution in [2.75, 3.05) is 0 Å². The number of amides is 1. The highest BCUT2D eigenvalue weighted by Crippen LogP contribution is 2.48. The first-order chi connectivity index (χ1) is 10.2. The summed E-state index contributed by atoms with van der Waals surface area (Å²) < 4.78 is 13.6. The Morgan fingerprint density at radius 2 is 2.29 bits per heavy atom. The first kappa shape index (κ1) is 13.9. The molecule has 0 unspecified atom stereocenters. The maximum atomic E-state index is 13.6. The van der Waals surface area contributed by atoms with E-state index in [1.165, 1.54) is 6.20 Å². The van der Waals surface area contributed by atoms with Crippen molar-refractivity contribution in [1.29, 1.82) is 0 Å². The number of halogens is 2. The first-order valence-corrected chi connectivity index (χ1v) is 7.01. The van der Waals surface area contributed by atoms with Crippen LogP contribution in [0.2, 0.25) is 5.02 Å². The van der Waals surface area contributed by atoms with Crippen molar-refractivity contribution in [1.82, 2.24) is 15.3 Å². The zero-order chi connectivity index (χ0) is 14.8. The molecule has 1 saturated carbocycles. The van der Waals surface area contributed by atoms with Crippen molar-refractivity contribution in [2.45, 2.75) is 18.9 Å². The molecule has 108 valence electrons. The first-order valence-electron chi connectivity index (χ1n) is 6.63. The topological polar surface area (TPSA) is 54.9 Å². The maximum Gasteiger partial charge on any atom is 0.224 e. The molecular weight excluding hydrogens is 293 g/mol. The lowest BCUT2D eigenvalue weighted by molar-refractivity contribution is -0.122. The van der Waals surface area contributed by atoms with Gasteiger partial charge in [-0.25, -0.2) is 4.39 Å². The summed E-state index contributed by atoms with van der Waals surface area (Å²) in [6.45, 7) is 0.278. The van der Waals surface area contributed by atoms with E-state index in [1.807, 2.05) is 0 Å². The highest BCUT2D eigenvalue weighted by Gasteiger charge is 2.45. The summed E-state index contributed by atoms with van der Waals surface area (Å²) in [5.74, 6) is -0.708. The number of aromatic nitrogens is 2. The van der Waals surface area contributed by atoms with Crippen LogP contribution in [0.3, 0.4) is 0 Å². The molecule has 1 aliphatic rings. The summed E-state index contributed by atoms with van der Waals surface area (Å²) in [6, 6.07) is 5.09. The fourth-order valence-electron chi connectivity index (χ4n) is 2.37. The quantitative estimate of drug-likeness (QED) is 0.945. The van der Waals surface area contributed by atoms with Crippen LogP contribution in [-0.4, -0.2) is 15.9 Å². The van der Waals surface area contributed by atoms with Gasteiger partial charge in [-0.1, -0.05) is 11.6 Å². The predicted octanol–water partition coefficient (Wildman–Crippen LogP) is 2.69. The molecule has 2 aromatic heterocycles. The van der Waals surface area contributed by atoms with Crippen LogP contribution in [0.15, 0.2) is 36.8 Å². The monoisotopic (exact) mass is 305 g/mol. The molecule has 1 amide bonds. The Labute approximate surface area is 126 Å². The average molecular weight is 306 g/mol. The minimum Gasteiger partial charge on any atom is -0.350 e. The van der Waals surface area contributed by atoms with Crippen LogP contribution in [0.1, 0.15) is 23.6 Å². The molecule has 0 saturated heterocycles. The summed E-state index contributed by atoms with van der Waals surface area (Å²) in [6.07, 6.45) is 5.00. The third-order valence-corrected chi connectivity index (χ3v) is 3.94. The highest BCUT2D eigenvalue weighted by molar-refractivity contribution is 6.31. The fourth-order valence-corrected chi connectivity index (χ4v) is 2.55. The Balaban J connectivity index is 1.59. The van der Waals surface area contributed by atoms with Gasteiger partial charge in [-0.2, -0.15) is 0 Å². The normalized spacial score (nSPS) is 20.1. The summed E-state index contributed by atoms with van der Waals surface area (Å²) >= 11 is 5.98. The smallest absolute Gasteiger partial charge is 0.224 e. The number of carbonyl (C=O) groups excluding carboxylic acids is 1. The van der Waals surface area contributed by atoms with Gasteiger partial charge in [0.2, 0.25) is 5.91 Å². The van der Waals surface area contributed by atoms with E-state index in [4.69, 9.17) is 11.6 Å². The van der Waals surface area contributed by atoms with Gasteiger partial charge in [0.1, 0.15) is 5.82 Å². The molecule has 21 heavy (non-hydrogen) atoms. The molecule has 1 N–H and O–H groups in total. The van der Waals surface area contributed by atoms with E-state index in [2.05, 4.69) is 15.3 Å². The van der Waals surface area contributed by atoms with Crippen molar-refractivity contribution in [2.24, 2.45) is 5.92 Å². The second-order valence-electron chi connectivity index (χ2n) is 5.00. The fraction of sp³-hybridized carbons (Fsp3) is 0.267. The van der Waals surface area contributed by atoms with Crippen LogP contribution in [-0.2, 0) is 11.3 Å². The molecule has 6 heteroatoms. The second-order valence-corrected chi connectivity index (χ2v) is 5.40. The molecule has 1 aliphatic carbocycles. The molecule has 0 aromatic carbocycles. The van der Waals surface area contributed by atoms with Crippen LogP contribution in [0, 0.1) is 11.7 Å². The lowest BCUT2D eigenvalue weighted by atomic mass is 10.1. The number of carbonyl (C=O) groups is 1. The molecular formula is C15H13ClFN3O. The van der Waals surface area contributed by atoms with Gasteiger partial charge in [-0.05, 0) is 36.1 Å². The number of nitrogens with zero attached hydrogens (tertiary/aromatic N) is 2. The van der Waals surface area contributed by atoms with Gasteiger partial charge in [0.05, 0.1) is 23.5 Å². The third-order valence-electron chi connectivity index (χ3n) is 3.60. The van der Waals surface area contributed by atoms with Gasteiger partial charge in [0.15, 0.2) is 0 Å². The highest BCUT2D eigenvalue weighted by atomic mass is 35.5. The van der Waals surface area contributed by atoms with E-state index >= 15 is 0 Å². The molecule has 0 spiro atoms. The largest absolute Gasteiger partial charge is 0.350 e. The predicted molar refractivity (Wildman–Crippen MR) is 76.1 cm³/mol. The van der Waals surface area contributed by atoms with Gasteiger partial charge >= 0.3 is 0 Å². The zero-order valence-corrected chi connectivity index (χ0v) is 11.8. The second kappa shape index (κ2) is 5.77. The van der Waals surface area contributed by atoms with Gasteiger partial charge in [-0.3, -0.25) is 14.8 Å². The van der Waals surface area contributed by atoms with Crippen LogP contribution in [0.5, 0.6) is 0 Å². The van der Waals surface area contributed by atoms with E-state index in [-0.39, 0.29) is 30.1 Å². The Bertz CT molecular complexity index is 679. The van der Waals surface area contributed by atoms with Crippen molar-refractivity contribution in [3.63, 3.8) is 0 Å². The van der Waals surface area contributed by atoms with Crippen LogP contribution >= 0.6 is 11.6 Å². The number of rotatable bonds is 4. The van der Waals surface area contributed by atoms with Gasteiger partial charge < -0.3 is 5.32 Å². The van der Waals surface area contributed by atoms with Crippen molar-refractivity contribution >= 4 is 17.5 Å². The Kier molecular flexibility index (Phi) is 3.84. The lowest BCUT2D eigenvalue weighted by Gasteiger charge is -2.06. The Hall–Kier alpha value is -2.01. The van der Waals surface area contributed by atoms with Gasteiger partial charge in [-0.15, -0.1) is 0 Å². The maximum absolute atomic E-state index is 13.6. The molecule has 2 atom stereocenters. The van der Waals surface area contributed by atoms with E-state index in [0.717, 1.165) is 0 Å². The summed E-state index contributed by atoms with van der Waals surface area (Å²) in [5.41, 5.74) is 1.18. The minimum absolute atomic E-state index is 0.0628. The molecule has 0 aliphatic heterocycles. The van der Waals surface area contributed by atoms with Crippen LogP contribution in [0.25, 0.3) is 0 Å². The van der Waals surface area contributed by atoms with Crippen molar-refractivity contribution < 1.29 is 9.18 Å². The number of pyridine rings is 2. The van der Waals surface area contributed by atoms with E-state index in [1.54, 1.807) is 30.6 Å². The molecule has 1 fully saturated rings. The zero-order valence-electron chi connectivity index (χ0n) is 11.1. The Morgan fingerprint density at radius 1 is 1.43 bits per heavy atom. The lowest BCUT2D eigenvalue weighted by Crippen LogP contribution is -2.25. The molecule has 4 nitrogen and oxygen atoms in total. The van der Waals surface area contributed by atoms with E-state index < -0.39 is 0 Å². The van der Waals surface area contributed by atoms with Crippen molar-refractivity contribution in [3.8, 4) is 0 Å². The SMILES string of the molecule is O=C(NCc1ncccc1Cl)[C@@H]1C[C@H]1c1ccncc1F. The summed E-state index contributed by atoms with van der Waals surface area (Å²) in [7, 11) is 0. The van der Waals surface area contributed by atoms with E-state index in [0.29, 0.717) is 22.7 Å². The minimum atomic E-state index is -0.356. The average Bonchev–Trinajstić information content (AvgIpc) is 3.27. The van der Waals surface area contributed by atoms with Crippen molar-refractivity contribution in [3.05, 3.63) is 58.9 Å². The van der Waals surface area contributed by atoms with Crippen LogP contribution in [0.4, 0.5) is 4.39 Å². The molecule has 3 rings (SSSR count). The number of hydrogen-bond acceptors (Lipinski definition) is 3. The standard InChI is InChI=1S/C15H13ClFN3O/c16-12-2-1-4-19-14(12)8-20-15(21)11-6-10(11)9-3-5-18-7-13(9)17/h1-5,7,10-11H,6,8H2,(H,20,21)/t10-,11+/m0/s1. The van der Waals surface area contributed by atoms with E-state index in [9.17, 15) is 9.18 Å². The molecule has 2 heterocycles. The molecule has 0 bridgehead atoms. The summed E-state index contributed by atoms with van der Waals surface area (Å²) in [4.78, 5) is 19.9. The summed E-state index contributed by atoms with van der Waals surface area (Å²) in [5, 5.41) is 3.32. The molecule has 0 radical (unpaired) electrons. The molecule has 2 aromatic rings. The number of hydrogen-bond donors (Lipinski definition) is 1. The van der Waals surface area contributed by atoms with Gasteiger partial charge in [0, 0.05) is 18.3 Å². The van der Waals surface area contributed by atoms with Crippen LogP contribution < -0.4 is 5.32 Å².